The van der Waals surface area contributed by atoms with Crippen LogP contribution < -0.4 is 4.72 Å². The molecule has 0 atom stereocenters. The number of carbonyl (C=O) groups excluding carboxylic acids is 1. The van der Waals surface area contributed by atoms with Crippen LogP contribution in [0.2, 0.25) is 0 Å². The predicted octanol–water partition coefficient (Wildman–Crippen LogP) is 1.12. The van der Waals surface area contributed by atoms with Crippen LogP contribution in [0, 0.1) is 5.92 Å². The van der Waals surface area contributed by atoms with Gasteiger partial charge in [-0.25, -0.2) is 17.9 Å². The predicted molar refractivity (Wildman–Crippen MR) is 85.1 cm³/mol. The molecular formula is C15H22N2O6S. The second kappa shape index (κ2) is 7.35. The maximum atomic E-state index is 12.5. The lowest BCUT2D eigenvalue weighted by Crippen LogP contribution is -2.38. The number of nitrogens with zero attached hydrogens (tertiary/aromatic N) is 1. The summed E-state index contributed by atoms with van der Waals surface area (Å²) in [6, 6.07) is 0.986. The molecule has 134 valence electrons. The Morgan fingerprint density at radius 3 is 2.50 bits per heavy atom. The number of aryl methyl sites for hydroxylation is 1. The van der Waals surface area contributed by atoms with E-state index in [0.717, 1.165) is 0 Å². The van der Waals surface area contributed by atoms with Gasteiger partial charge in [0.2, 0.25) is 10.0 Å². The van der Waals surface area contributed by atoms with Crippen molar-refractivity contribution >= 4 is 22.0 Å². The van der Waals surface area contributed by atoms with Crippen LogP contribution in [0.4, 0.5) is 0 Å². The molecule has 1 saturated carbocycles. The van der Waals surface area contributed by atoms with Crippen molar-refractivity contribution in [1.82, 2.24) is 9.29 Å². The van der Waals surface area contributed by atoms with Gasteiger partial charge < -0.3 is 14.4 Å². The number of aliphatic carboxylic acids is 1. The number of hydrogen-bond acceptors (Lipinski definition) is 5. The summed E-state index contributed by atoms with van der Waals surface area (Å²) in [6.07, 6.45) is 3.22. The second-order valence-corrected chi connectivity index (χ2v) is 7.61. The maximum Gasteiger partial charge on any atom is 0.354 e. The van der Waals surface area contributed by atoms with Gasteiger partial charge in [0, 0.05) is 19.3 Å². The molecule has 1 aromatic heterocycles. The van der Waals surface area contributed by atoms with E-state index in [9.17, 15) is 18.0 Å². The quantitative estimate of drug-likeness (QED) is 0.737. The van der Waals surface area contributed by atoms with Crippen molar-refractivity contribution in [2.45, 2.75) is 43.5 Å². The van der Waals surface area contributed by atoms with Crippen LogP contribution in [0.25, 0.3) is 0 Å². The van der Waals surface area contributed by atoms with Crippen LogP contribution in [0.1, 0.15) is 43.1 Å². The summed E-state index contributed by atoms with van der Waals surface area (Å²) in [6.45, 7) is 1.88. The minimum Gasteiger partial charge on any atom is -0.481 e. The molecule has 1 heterocycles. The number of esters is 1. The van der Waals surface area contributed by atoms with E-state index in [2.05, 4.69) is 4.72 Å². The minimum atomic E-state index is -3.77. The van der Waals surface area contributed by atoms with Crippen molar-refractivity contribution < 1.29 is 27.9 Å². The number of ether oxygens (including phenoxy) is 1. The number of carboxylic acid groups (broad SMARTS) is 1. The van der Waals surface area contributed by atoms with Crippen LogP contribution >= 0.6 is 0 Å². The molecule has 1 aliphatic carbocycles. The van der Waals surface area contributed by atoms with Gasteiger partial charge in [-0.05, 0) is 38.7 Å². The number of carboxylic acids is 1. The van der Waals surface area contributed by atoms with Crippen molar-refractivity contribution in [2.24, 2.45) is 13.0 Å². The summed E-state index contributed by atoms with van der Waals surface area (Å²) in [4.78, 5) is 22.7. The molecule has 0 unspecified atom stereocenters. The first kappa shape index (κ1) is 18.5. The summed E-state index contributed by atoms with van der Waals surface area (Å²) in [7, 11) is -2.20. The summed E-state index contributed by atoms with van der Waals surface area (Å²) in [5.41, 5.74) is 0.159. The fourth-order valence-corrected chi connectivity index (χ4v) is 4.21. The van der Waals surface area contributed by atoms with Crippen molar-refractivity contribution in [3.05, 3.63) is 18.0 Å². The molecular weight excluding hydrogens is 336 g/mol. The van der Waals surface area contributed by atoms with Crippen LogP contribution in [0.5, 0.6) is 0 Å². The molecule has 0 spiro atoms. The van der Waals surface area contributed by atoms with Crippen LogP contribution in [-0.4, -0.2) is 42.7 Å². The zero-order chi connectivity index (χ0) is 17.9. The molecule has 0 aromatic carbocycles. The Hall–Kier alpha value is -1.87. The van der Waals surface area contributed by atoms with Gasteiger partial charge in [0.25, 0.3) is 0 Å². The van der Waals surface area contributed by atoms with E-state index < -0.39 is 27.9 Å². The van der Waals surface area contributed by atoms with E-state index >= 15 is 0 Å². The molecule has 1 aromatic rings. The summed E-state index contributed by atoms with van der Waals surface area (Å²) < 4.78 is 33.8. The van der Waals surface area contributed by atoms with E-state index in [1.807, 2.05) is 0 Å². The highest BCUT2D eigenvalue weighted by Gasteiger charge is 2.30. The van der Waals surface area contributed by atoms with Crippen molar-refractivity contribution in [3.63, 3.8) is 0 Å². The molecule has 2 N–H and O–H groups in total. The Morgan fingerprint density at radius 2 is 1.96 bits per heavy atom. The van der Waals surface area contributed by atoms with Gasteiger partial charge in [-0.1, -0.05) is 0 Å². The molecule has 0 aliphatic heterocycles. The Morgan fingerprint density at radius 1 is 1.33 bits per heavy atom. The largest absolute Gasteiger partial charge is 0.481 e. The van der Waals surface area contributed by atoms with Crippen LogP contribution in [-0.2, 0) is 26.6 Å². The lowest BCUT2D eigenvalue weighted by molar-refractivity contribution is -0.142. The third kappa shape index (κ3) is 4.15. The normalized spacial score (nSPS) is 21.4. The van der Waals surface area contributed by atoms with Crippen LogP contribution in [0.3, 0.4) is 0 Å². The molecule has 0 radical (unpaired) electrons. The fourth-order valence-electron chi connectivity index (χ4n) is 2.83. The first-order valence-corrected chi connectivity index (χ1v) is 9.31. The first-order valence-electron chi connectivity index (χ1n) is 7.83. The lowest BCUT2D eigenvalue weighted by atomic mass is 9.87. The monoisotopic (exact) mass is 358 g/mol. The van der Waals surface area contributed by atoms with Crippen molar-refractivity contribution in [1.29, 1.82) is 0 Å². The molecule has 24 heavy (non-hydrogen) atoms. The number of sulfonamides is 1. The highest BCUT2D eigenvalue weighted by atomic mass is 32.2. The van der Waals surface area contributed by atoms with E-state index in [1.165, 1.54) is 16.8 Å². The van der Waals surface area contributed by atoms with Crippen LogP contribution in [0.15, 0.2) is 17.2 Å². The Kier molecular flexibility index (Phi) is 5.66. The molecule has 1 aliphatic rings. The molecule has 2 rings (SSSR count). The molecule has 1 fully saturated rings. The first-order chi connectivity index (χ1) is 11.2. The number of aromatic nitrogens is 1. The lowest BCUT2D eigenvalue weighted by Gasteiger charge is -2.26. The van der Waals surface area contributed by atoms with E-state index in [1.54, 1.807) is 14.0 Å². The number of hydrogen-bond donors (Lipinski definition) is 2. The average Bonchev–Trinajstić information content (AvgIpc) is 2.90. The molecule has 0 saturated heterocycles. The number of rotatable bonds is 6. The Balaban J connectivity index is 2.07. The summed E-state index contributed by atoms with van der Waals surface area (Å²) >= 11 is 0. The zero-order valence-corrected chi connectivity index (χ0v) is 14.5. The van der Waals surface area contributed by atoms with E-state index in [4.69, 9.17) is 9.84 Å². The third-order valence-corrected chi connectivity index (χ3v) is 5.66. The number of carbonyl (C=O) groups is 2. The Labute approximate surface area is 140 Å². The number of nitrogens with one attached hydrogen (secondary N) is 1. The van der Waals surface area contributed by atoms with Gasteiger partial charge in [-0.3, -0.25) is 4.79 Å². The third-order valence-electron chi connectivity index (χ3n) is 4.17. The molecule has 9 heteroatoms. The van der Waals surface area contributed by atoms with Gasteiger partial charge in [-0.15, -0.1) is 0 Å². The smallest absolute Gasteiger partial charge is 0.354 e. The average molecular weight is 358 g/mol. The van der Waals surface area contributed by atoms with Crippen molar-refractivity contribution in [2.75, 3.05) is 6.61 Å². The van der Waals surface area contributed by atoms with Gasteiger partial charge in [0.05, 0.1) is 12.5 Å². The van der Waals surface area contributed by atoms with E-state index in [-0.39, 0.29) is 23.2 Å². The van der Waals surface area contributed by atoms with Gasteiger partial charge >= 0.3 is 11.9 Å². The highest BCUT2D eigenvalue weighted by molar-refractivity contribution is 7.89. The van der Waals surface area contributed by atoms with Gasteiger partial charge in [0.1, 0.15) is 10.6 Å². The molecule has 0 bridgehead atoms. The standard InChI is InChI=1S/C15H22N2O6S/c1-3-23-15(20)13-8-12(9-17(13)2)24(21,22)16-11-6-4-10(5-7-11)14(18)19/h8-11,16H,3-7H2,1-2H3,(H,18,19). The zero-order valence-electron chi connectivity index (χ0n) is 13.7. The SMILES string of the molecule is CCOC(=O)c1cc(S(=O)(=O)NC2CCC(C(=O)O)CC2)cn1C. The topological polar surface area (TPSA) is 115 Å². The second-order valence-electron chi connectivity index (χ2n) is 5.90. The Bertz CT molecular complexity index is 716. The fraction of sp³-hybridized carbons (Fsp3) is 0.600. The summed E-state index contributed by atoms with van der Waals surface area (Å²) in [5, 5.41) is 8.98. The minimum absolute atomic E-state index is 0.00610. The van der Waals surface area contributed by atoms with Gasteiger partial charge in [0.15, 0.2) is 0 Å². The summed E-state index contributed by atoms with van der Waals surface area (Å²) in [5.74, 6) is -1.82. The maximum absolute atomic E-state index is 12.5. The van der Waals surface area contributed by atoms with Crippen molar-refractivity contribution in [3.8, 4) is 0 Å². The highest BCUT2D eigenvalue weighted by Crippen LogP contribution is 2.26. The van der Waals surface area contributed by atoms with Gasteiger partial charge in [-0.2, -0.15) is 0 Å². The molecule has 8 nitrogen and oxygen atoms in total. The van der Waals surface area contributed by atoms with E-state index in [0.29, 0.717) is 25.7 Å². The molecule has 0 amide bonds.